The van der Waals surface area contributed by atoms with Gasteiger partial charge in [-0.2, -0.15) is 13.2 Å². The van der Waals surface area contributed by atoms with E-state index in [2.05, 4.69) is 10.3 Å². The van der Waals surface area contributed by atoms with Crippen LogP contribution in [0.1, 0.15) is 29.8 Å². The smallest absolute Gasteiger partial charge is 0.363 e. The SMILES string of the molecule is C[C@H](NC(=O)c1ccc2c(-c3ccc(C(F)(F)F)cc3)cccc2c1)C1(C)CN(C)C=N1. The molecule has 0 aliphatic carbocycles. The number of likely N-dealkylation sites (N-methyl/N-ethyl adjacent to an activating group) is 1. The molecule has 0 fully saturated rings. The first-order chi connectivity index (χ1) is 15.1. The summed E-state index contributed by atoms with van der Waals surface area (Å²) in [4.78, 5) is 19.4. The molecule has 0 saturated carbocycles. The summed E-state index contributed by atoms with van der Waals surface area (Å²) in [5, 5.41) is 4.75. The average Bonchev–Trinajstić information content (AvgIpc) is 3.12. The van der Waals surface area contributed by atoms with Crippen LogP contribution < -0.4 is 5.32 Å². The Labute approximate surface area is 184 Å². The van der Waals surface area contributed by atoms with Gasteiger partial charge >= 0.3 is 6.18 Å². The van der Waals surface area contributed by atoms with Crippen LogP contribution >= 0.6 is 0 Å². The minimum absolute atomic E-state index is 0.162. The van der Waals surface area contributed by atoms with E-state index < -0.39 is 17.3 Å². The van der Waals surface area contributed by atoms with Gasteiger partial charge < -0.3 is 10.2 Å². The summed E-state index contributed by atoms with van der Waals surface area (Å²) < 4.78 is 38.6. The van der Waals surface area contributed by atoms with E-state index in [4.69, 9.17) is 0 Å². The summed E-state index contributed by atoms with van der Waals surface area (Å²) in [6, 6.07) is 15.9. The Balaban J connectivity index is 1.59. The molecule has 1 amide bonds. The average molecular weight is 439 g/mol. The maximum Gasteiger partial charge on any atom is 0.416 e. The Morgan fingerprint density at radius 3 is 2.47 bits per heavy atom. The second kappa shape index (κ2) is 7.97. The highest BCUT2D eigenvalue weighted by Gasteiger charge is 2.36. The molecule has 7 heteroatoms. The van der Waals surface area contributed by atoms with Crippen LogP contribution in [0.2, 0.25) is 0 Å². The number of amides is 1. The van der Waals surface area contributed by atoms with Gasteiger partial charge in [-0.15, -0.1) is 0 Å². The summed E-state index contributed by atoms with van der Waals surface area (Å²) in [5.41, 5.74) is 0.948. The first-order valence-corrected chi connectivity index (χ1v) is 10.3. The number of rotatable bonds is 4. The first kappa shape index (κ1) is 21.9. The molecule has 0 saturated heterocycles. The fourth-order valence-corrected chi connectivity index (χ4v) is 4.02. The summed E-state index contributed by atoms with van der Waals surface area (Å²) in [7, 11) is 1.95. The van der Waals surface area contributed by atoms with Crippen molar-refractivity contribution in [3.8, 4) is 11.1 Å². The normalized spacial score (nSPS) is 19.4. The molecule has 1 aliphatic rings. The fourth-order valence-electron chi connectivity index (χ4n) is 4.02. The quantitative estimate of drug-likeness (QED) is 0.594. The zero-order chi connectivity index (χ0) is 23.1. The molecule has 3 aromatic carbocycles. The van der Waals surface area contributed by atoms with E-state index in [1.807, 2.05) is 50.1 Å². The molecule has 166 valence electrons. The molecule has 4 nitrogen and oxygen atoms in total. The van der Waals surface area contributed by atoms with Gasteiger partial charge in [0.05, 0.1) is 23.5 Å². The van der Waals surface area contributed by atoms with Crippen molar-refractivity contribution in [3.63, 3.8) is 0 Å². The number of halogens is 3. The molecule has 0 radical (unpaired) electrons. The van der Waals surface area contributed by atoms with Gasteiger partial charge in [0.15, 0.2) is 0 Å². The first-order valence-electron chi connectivity index (χ1n) is 10.3. The van der Waals surface area contributed by atoms with Crippen LogP contribution in [0.25, 0.3) is 21.9 Å². The lowest BCUT2D eigenvalue weighted by atomic mass is 9.94. The number of aliphatic imine (C=N–C) groups is 1. The predicted molar refractivity (Wildman–Crippen MR) is 121 cm³/mol. The lowest BCUT2D eigenvalue weighted by Crippen LogP contribution is -2.50. The van der Waals surface area contributed by atoms with Gasteiger partial charge in [0.2, 0.25) is 0 Å². The summed E-state index contributed by atoms with van der Waals surface area (Å²) in [6.07, 6.45) is -2.59. The Kier molecular flexibility index (Phi) is 5.44. The van der Waals surface area contributed by atoms with Crippen LogP contribution in [-0.4, -0.2) is 42.3 Å². The maximum atomic E-state index is 12.9. The van der Waals surface area contributed by atoms with E-state index in [0.717, 1.165) is 35.0 Å². The predicted octanol–water partition coefficient (Wildman–Crippen LogP) is 5.38. The van der Waals surface area contributed by atoms with Gasteiger partial charge in [0.1, 0.15) is 0 Å². The molecule has 1 unspecified atom stereocenters. The number of alkyl halides is 3. The maximum absolute atomic E-state index is 12.9. The van der Waals surface area contributed by atoms with Crippen molar-refractivity contribution in [2.75, 3.05) is 13.6 Å². The van der Waals surface area contributed by atoms with Gasteiger partial charge in [0.25, 0.3) is 5.91 Å². The zero-order valence-corrected chi connectivity index (χ0v) is 18.1. The third-order valence-corrected chi connectivity index (χ3v) is 6.07. The summed E-state index contributed by atoms with van der Waals surface area (Å²) in [5.74, 6) is -0.190. The topological polar surface area (TPSA) is 44.7 Å². The van der Waals surface area contributed by atoms with Crippen molar-refractivity contribution in [1.29, 1.82) is 0 Å². The van der Waals surface area contributed by atoms with Crippen molar-refractivity contribution in [2.45, 2.75) is 31.6 Å². The number of carbonyl (C=O) groups excluding carboxylic acids is 1. The third kappa shape index (κ3) is 4.20. The summed E-state index contributed by atoms with van der Waals surface area (Å²) >= 11 is 0. The Hall–Kier alpha value is -3.35. The highest BCUT2D eigenvalue weighted by atomic mass is 19.4. The molecule has 4 rings (SSSR count). The Bertz CT molecular complexity index is 1190. The lowest BCUT2D eigenvalue weighted by Gasteiger charge is -2.30. The number of benzene rings is 3. The lowest BCUT2D eigenvalue weighted by molar-refractivity contribution is -0.137. The van der Waals surface area contributed by atoms with Gasteiger partial charge in [-0.1, -0.05) is 36.4 Å². The monoisotopic (exact) mass is 439 g/mol. The van der Waals surface area contributed by atoms with Crippen LogP contribution in [0.15, 0.2) is 65.7 Å². The molecule has 3 aromatic rings. The standard InChI is InChI=1S/C25H24F3N3O/c1-16(24(2)14-31(3)15-29-24)30-23(32)19-9-12-22-18(13-19)5-4-6-21(22)17-7-10-20(11-8-17)25(26,27)28/h4-13,15-16H,14H2,1-3H3,(H,30,32)/t16-,24?/m0/s1. The minimum atomic E-state index is -4.37. The molecule has 2 atom stereocenters. The number of nitrogens with zero attached hydrogens (tertiary/aromatic N) is 2. The number of hydrogen-bond acceptors (Lipinski definition) is 3. The van der Waals surface area contributed by atoms with E-state index in [-0.39, 0.29) is 11.9 Å². The number of fused-ring (bicyclic) bond motifs is 1. The van der Waals surface area contributed by atoms with Crippen molar-refractivity contribution in [2.24, 2.45) is 4.99 Å². The van der Waals surface area contributed by atoms with E-state index in [9.17, 15) is 18.0 Å². The largest absolute Gasteiger partial charge is 0.416 e. The van der Waals surface area contributed by atoms with Crippen molar-refractivity contribution in [3.05, 3.63) is 71.8 Å². The fraction of sp³-hybridized carbons (Fsp3) is 0.280. The number of nitrogens with one attached hydrogen (secondary N) is 1. The highest BCUT2D eigenvalue weighted by Crippen LogP contribution is 2.33. The number of carbonyl (C=O) groups is 1. The third-order valence-electron chi connectivity index (χ3n) is 6.07. The number of hydrogen-bond donors (Lipinski definition) is 1. The van der Waals surface area contributed by atoms with Gasteiger partial charge in [-0.3, -0.25) is 9.79 Å². The van der Waals surface area contributed by atoms with Crippen molar-refractivity contribution < 1.29 is 18.0 Å². The van der Waals surface area contributed by atoms with Crippen LogP contribution in [0.3, 0.4) is 0 Å². The van der Waals surface area contributed by atoms with Crippen molar-refractivity contribution in [1.82, 2.24) is 10.2 Å². The second-order valence-corrected chi connectivity index (χ2v) is 8.53. The van der Waals surface area contributed by atoms with Gasteiger partial charge in [0, 0.05) is 19.2 Å². The second-order valence-electron chi connectivity index (χ2n) is 8.53. The molecular weight excluding hydrogens is 415 g/mol. The molecule has 0 spiro atoms. The Morgan fingerprint density at radius 2 is 1.84 bits per heavy atom. The Morgan fingerprint density at radius 1 is 1.12 bits per heavy atom. The van der Waals surface area contributed by atoms with Crippen LogP contribution in [0, 0.1) is 0 Å². The molecule has 0 aromatic heterocycles. The van der Waals surface area contributed by atoms with E-state index >= 15 is 0 Å². The van der Waals surface area contributed by atoms with Crippen LogP contribution in [0.5, 0.6) is 0 Å². The van der Waals surface area contributed by atoms with E-state index in [1.165, 1.54) is 12.1 Å². The molecule has 0 bridgehead atoms. The molecule has 1 heterocycles. The van der Waals surface area contributed by atoms with Crippen molar-refractivity contribution >= 4 is 23.0 Å². The van der Waals surface area contributed by atoms with Crippen LogP contribution in [0.4, 0.5) is 13.2 Å². The van der Waals surface area contributed by atoms with E-state index in [1.54, 1.807) is 18.5 Å². The zero-order valence-electron chi connectivity index (χ0n) is 18.1. The minimum Gasteiger partial charge on any atom is -0.363 e. The summed E-state index contributed by atoms with van der Waals surface area (Å²) in [6.45, 7) is 4.68. The molecular formula is C25H24F3N3O. The van der Waals surface area contributed by atoms with Gasteiger partial charge in [-0.25, -0.2) is 0 Å². The highest BCUT2D eigenvalue weighted by molar-refractivity contribution is 6.02. The van der Waals surface area contributed by atoms with E-state index in [0.29, 0.717) is 11.1 Å². The van der Waals surface area contributed by atoms with Gasteiger partial charge in [-0.05, 0) is 60.0 Å². The molecule has 1 aliphatic heterocycles. The molecule has 32 heavy (non-hydrogen) atoms. The van der Waals surface area contributed by atoms with Crippen LogP contribution in [-0.2, 0) is 6.18 Å². The molecule has 1 N–H and O–H groups in total.